The first-order valence-electron chi connectivity index (χ1n) is 12.6. The molecule has 0 saturated carbocycles. The number of nitrogens with one attached hydrogen (secondary N) is 1. The third-order valence-corrected chi connectivity index (χ3v) is 6.45. The van der Waals surface area contributed by atoms with Crippen molar-refractivity contribution in [1.82, 2.24) is 9.97 Å². The number of aromatic amines is 1. The lowest BCUT2D eigenvalue weighted by atomic mass is 10.0. The summed E-state index contributed by atoms with van der Waals surface area (Å²) < 4.78 is 0. The number of aromatic nitrogens is 2. The molecule has 192 valence electrons. The van der Waals surface area contributed by atoms with Crippen molar-refractivity contribution in [2.24, 2.45) is 10.2 Å². The van der Waals surface area contributed by atoms with Gasteiger partial charge in [0.15, 0.2) is 0 Å². The topological polar surface area (TPSA) is 83.7 Å². The van der Waals surface area contributed by atoms with E-state index in [1.165, 1.54) is 0 Å². The lowest BCUT2D eigenvalue weighted by molar-refractivity contribution is 1.13. The van der Waals surface area contributed by atoms with Crippen LogP contribution >= 0.6 is 0 Å². The summed E-state index contributed by atoms with van der Waals surface area (Å²) in [6.07, 6.45) is 0. The van der Waals surface area contributed by atoms with Crippen LogP contribution in [-0.2, 0) is 0 Å². The van der Waals surface area contributed by atoms with Gasteiger partial charge in [-0.05, 0) is 72.8 Å². The molecule has 7 nitrogen and oxygen atoms in total. The third kappa shape index (κ3) is 5.71. The maximum absolute atomic E-state index is 8.95. The van der Waals surface area contributed by atoms with Gasteiger partial charge in [0.2, 0.25) is 0 Å². The number of nitrogens with zero attached hydrogens (tertiary/aromatic N) is 6. The Morgan fingerprint density at radius 3 is 1.56 bits per heavy atom. The number of hydrogen-bond donors (Lipinski definition) is 1. The maximum atomic E-state index is 8.95. The molecule has 0 radical (unpaired) electrons. The highest BCUT2D eigenvalue weighted by Crippen LogP contribution is 2.35. The Bertz CT molecular complexity index is 1550. The number of H-pyrrole nitrogens is 1. The Balaban J connectivity index is 1.47. The Labute approximate surface area is 228 Å². The quantitative estimate of drug-likeness (QED) is 0.226. The third-order valence-electron chi connectivity index (χ3n) is 6.45. The molecule has 0 aliphatic rings. The van der Waals surface area contributed by atoms with Gasteiger partial charge in [0.1, 0.15) is 5.82 Å². The van der Waals surface area contributed by atoms with Gasteiger partial charge >= 0.3 is 0 Å². The summed E-state index contributed by atoms with van der Waals surface area (Å²) in [7, 11) is 8.14. The van der Waals surface area contributed by atoms with Gasteiger partial charge in [0, 0.05) is 56.3 Å². The molecule has 7 heteroatoms. The van der Waals surface area contributed by atoms with E-state index in [0.29, 0.717) is 11.3 Å². The smallest absolute Gasteiger partial charge is 0.138 e. The molecule has 0 saturated heterocycles. The molecular formula is C32H29N7. The number of benzene rings is 4. The molecule has 1 N–H and O–H groups in total. The second kappa shape index (κ2) is 11.0. The number of rotatable bonds is 7. The van der Waals surface area contributed by atoms with E-state index in [4.69, 9.17) is 10.2 Å². The van der Waals surface area contributed by atoms with Crippen molar-refractivity contribution in [2.75, 3.05) is 38.0 Å². The van der Waals surface area contributed by atoms with E-state index < -0.39 is 0 Å². The molecule has 0 aliphatic carbocycles. The van der Waals surface area contributed by atoms with Gasteiger partial charge in [0.05, 0.1) is 34.4 Å². The van der Waals surface area contributed by atoms with E-state index in [1.807, 2.05) is 52.5 Å². The van der Waals surface area contributed by atoms with Gasteiger partial charge < -0.3 is 14.8 Å². The lowest BCUT2D eigenvalue weighted by Crippen LogP contribution is -2.08. The molecule has 0 atom stereocenters. The predicted molar refractivity (Wildman–Crippen MR) is 159 cm³/mol. The molecule has 0 bridgehead atoms. The molecule has 0 aliphatic heterocycles. The number of nitriles is 1. The minimum atomic E-state index is 0.595. The van der Waals surface area contributed by atoms with Gasteiger partial charge in [0.25, 0.3) is 0 Å². The Hall–Kier alpha value is -5.22. The summed E-state index contributed by atoms with van der Waals surface area (Å²) >= 11 is 0. The molecule has 5 rings (SSSR count). The zero-order chi connectivity index (χ0) is 27.4. The fraction of sp³-hybridized carbons (Fsp3) is 0.125. The summed E-state index contributed by atoms with van der Waals surface area (Å²) in [5.41, 5.74) is 9.23. The van der Waals surface area contributed by atoms with E-state index in [0.717, 1.165) is 51.0 Å². The maximum Gasteiger partial charge on any atom is 0.138 e. The van der Waals surface area contributed by atoms with E-state index in [1.54, 1.807) is 24.3 Å². The van der Waals surface area contributed by atoms with Crippen molar-refractivity contribution in [3.05, 3.63) is 103 Å². The zero-order valence-corrected chi connectivity index (χ0v) is 22.4. The van der Waals surface area contributed by atoms with Gasteiger partial charge in [-0.15, -0.1) is 0 Å². The lowest BCUT2D eigenvalue weighted by Gasteiger charge is -2.13. The number of hydrogen-bond acceptors (Lipinski definition) is 6. The number of imidazole rings is 1. The summed E-state index contributed by atoms with van der Waals surface area (Å²) in [5, 5.41) is 17.6. The van der Waals surface area contributed by atoms with Crippen molar-refractivity contribution < 1.29 is 0 Å². The number of anilines is 2. The van der Waals surface area contributed by atoms with Gasteiger partial charge in [-0.3, -0.25) is 0 Å². The van der Waals surface area contributed by atoms with Crippen LogP contribution in [0.5, 0.6) is 0 Å². The summed E-state index contributed by atoms with van der Waals surface area (Å²) in [6.45, 7) is 0. The summed E-state index contributed by atoms with van der Waals surface area (Å²) in [4.78, 5) is 12.8. The SMILES string of the molecule is CN(C)c1ccc(-c2nc(-c3ccc(N=Nc4ccc(C#N)cc4)cc3)[nH]c2-c2ccc(N(C)C)cc2)cc1. The first kappa shape index (κ1) is 25.4. The zero-order valence-electron chi connectivity index (χ0n) is 22.4. The molecule has 1 heterocycles. The van der Waals surface area contributed by atoms with E-state index >= 15 is 0 Å². The van der Waals surface area contributed by atoms with E-state index in [2.05, 4.69) is 79.6 Å². The van der Waals surface area contributed by atoms with Crippen LogP contribution in [0.4, 0.5) is 22.7 Å². The Kier molecular flexibility index (Phi) is 7.19. The van der Waals surface area contributed by atoms with Gasteiger partial charge in [-0.25, -0.2) is 4.98 Å². The van der Waals surface area contributed by atoms with Crippen LogP contribution < -0.4 is 9.80 Å². The standard InChI is InChI=1S/C32H29N7/c1-38(2)28-17-9-23(10-18-28)30-31(24-11-19-29(20-12-24)39(3)4)35-32(34-30)25-7-15-27(16-8-25)37-36-26-13-5-22(21-33)6-14-26/h5-20H,1-4H3,(H,34,35). The van der Waals surface area contributed by atoms with Crippen LogP contribution in [0.1, 0.15) is 5.56 Å². The number of azo groups is 1. The summed E-state index contributed by atoms with van der Waals surface area (Å²) in [6, 6.07) is 33.8. The molecule has 0 fully saturated rings. The highest BCUT2D eigenvalue weighted by Gasteiger charge is 2.16. The van der Waals surface area contributed by atoms with E-state index in [9.17, 15) is 0 Å². The molecule has 1 aromatic heterocycles. The van der Waals surface area contributed by atoms with Crippen molar-refractivity contribution in [2.45, 2.75) is 0 Å². The van der Waals surface area contributed by atoms with Crippen molar-refractivity contribution in [3.8, 4) is 40.0 Å². The van der Waals surface area contributed by atoms with E-state index in [-0.39, 0.29) is 0 Å². The first-order valence-corrected chi connectivity index (χ1v) is 12.6. The molecule has 5 aromatic rings. The fourth-order valence-electron chi connectivity index (χ4n) is 4.18. The molecule has 0 spiro atoms. The minimum Gasteiger partial charge on any atom is -0.378 e. The Morgan fingerprint density at radius 1 is 0.615 bits per heavy atom. The van der Waals surface area contributed by atoms with Crippen LogP contribution in [0.25, 0.3) is 33.9 Å². The van der Waals surface area contributed by atoms with Gasteiger partial charge in [-0.2, -0.15) is 15.5 Å². The van der Waals surface area contributed by atoms with Crippen molar-refractivity contribution >= 4 is 22.7 Å². The van der Waals surface area contributed by atoms with Crippen LogP contribution in [-0.4, -0.2) is 38.2 Å². The van der Waals surface area contributed by atoms with Crippen LogP contribution in [0.15, 0.2) is 107 Å². The van der Waals surface area contributed by atoms with Gasteiger partial charge in [-0.1, -0.05) is 24.3 Å². The Morgan fingerprint density at radius 2 is 1.08 bits per heavy atom. The molecule has 4 aromatic carbocycles. The van der Waals surface area contributed by atoms with Crippen LogP contribution in [0.2, 0.25) is 0 Å². The van der Waals surface area contributed by atoms with Crippen molar-refractivity contribution in [3.63, 3.8) is 0 Å². The molecule has 0 amide bonds. The second-order valence-corrected chi connectivity index (χ2v) is 9.60. The van der Waals surface area contributed by atoms with Crippen LogP contribution in [0.3, 0.4) is 0 Å². The normalized spacial score (nSPS) is 10.9. The highest BCUT2D eigenvalue weighted by molar-refractivity contribution is 5.82. The molecule has 0 unspecified atom stereocenters. The average molecular weight is 512 g/mol. The molecular weight excluding hydrogens is 482 g/mol. The fourth-order valence-corrected chi connectivity index (χ4v) is 4.18. The predicted octanol–water partition coefficient (Wildman–Crippen LogP) is 7.83. The monoisotopic (exact) mass is 511 g/mol. The highest BCUT2D eigenvalue weighted by atomic mass is 15.1. The average Bonchev–Trinajstić information content (AvgIpc) is 3.42. The second-order valence-electron chi connectivity index (χ2n) is 9.60. The first-order chi connectivity index (χ1) is 18.9. The van der Waals surface area contributed by atoms with Crippen LogP contribution in [0, 0.1) is 11.3 Å². The van der Waals surface area contributed by atoms with Crippen molar-refractivity contribution in [1.29, 1.82) is 5.26 Å². The summed E-state index contributed by atoms with van der Waals surface area (Å²) in [5.74, 6) is 0.781. The largest absolute Gasteiger partial charge is 0.378 e. The molecule has 39 heavy (non-hydrogen) atoms. The minimum absolute atomic E-state index is 0.595.